The SMILES string of the molecule is CC1CC(C2CCCN2)C(=O)c2ccccc21. The van der Waals surface area contributed by atoms with Gasteiger partial charge in [0.05, 0.1) is 0 Å². The van der Waals surface area contributed by atoms with E-state index in [1.54, 1.807) is 0 Å². The summed E-state index contributed by atoms with van der Waals surface area (Å²) in [5, 5.41) is 3.49. The quantitative estimate of drug-likeness (QED) is 0.802. The van der Waals surface area contributed by atoms with Crippen LogP contribution >= 0.6 is 0 Å². The number of nitrogens with one attached hydrogen (secondary N) is 1. The Bertz CT molecular complexity index is 434. The van der Waals surface area contributed by atoms with Crippen molar-refractivity contribution in [3.63, 3.8) is 0 Å². The standard InChI is InChI=1S/C15H19NO/c1-10-9-13(14-7-4-8-16-14)15(17)12-6-3-2-5-11(10)12/h2-3,5-6,10,13-14,16H,4,7-9H2,1H3. The van der Waals surface area contributed by atoms with Gasteiger partial charge in [-0.2, -0.15) is 0 Å². The van der Waals surface area contributed by atoms with Crippen LogP contribution in [0.15, 0.2) is 24.3 Å². The Balaban J connectivity index is 1.94. The molecule has 1 heterocycles. The van der Waals surface area contributed by atoms with Crippen LogP contribution in [0.2, 0.25) is 0 Å². The Hall–Kier alpha value is -1.15. The minimum absolute atomic E-state index is 0.197. The van der Waals surface area contributed by atoms with E-state index >= 15 is 0 Å². The van der Waals surface area contributed by atoms with E-state index in [0.29, 0.717) is 17.7 Å². The zero-order valence-corrected chi connectivity index (χ0v) is 10.3. The van der Waals surface area contributed by atoms with Gasteiger partial charge < -0.3 is 5.32 Å². The molecular weight excluding hydrogens is 210 g/mol. The molecule has 3 rings (SSSR count). The minimum atomic E-state index is 0.197. The summed E-state index contributed by atoms with van der Waals surface area (Å²) in [7, 11) is 0. The molecule has 0 amide bonds. The molecule has 0 aromatic heterocycles. The second-order valence-corrected chi connectivity index (χ2v) is 5.40. The van der Waals surface area contributed by atoms with Crippen LogP contribution in [0, 0.1) is 5.92 Å². The number of ketones is 1. The lowest BCUT2D eigenvalue weighted by Crippen LogP contribution is -2.39. The van der Waals surface area contributed by atoms with Crippen molar-refractivity contribution in [2.75, 3.05) is 6.54 Å². The third kappa shape index (κ3) is 1.81. The molecule has 1 aliphatic heterocycles. The summed E-state index contributed by atoms with van der Waals surface area (Å²) in [4.78, 5) is 12.5. The molecule has 0 radical (unpaired) electrons. The van der Waals surface area contributed by atoms with Gasteiger partial charge >= 0.3 is 0 Å². The van der Waals surface area contributed by atoms with Crippen LogP contribution in [-0.4, -0.2) is 18.4 Å². The molecule has 3 unspecified atom stereocenters. The Labute approximate surface area is 102 Å². The molecule has 2 nitrogen and oxygen atoms in total. The van der Waals surface area contributed by atoms with Crippen molar-refractivity contribution in [3.8, 4) is 0 Å². The summed E-state index contributed by atoms with van der Waals surface area (Å²) in [5.74, 6) is 1.07. The highest BCUT2D eigenvalue weighted by molar-refractivity contribution is 6.01. The third-order valence-corrected chi connectivity index (χ3v) is 4.29. The molecule has 3 atom stereocenters. The molecule has 0 bridgehead atoms. The van der Waals surface area contributed by atoms with E-state index < -0.39 is 0 Å². The summed E-state index contributed by atoms with van der Waals surface area (Å²) in [5.41, 5.74) is 2.21. The molecular formula is C15H19NO. The van der Waals surface area contributed by atoms with E-state index in [0.717, 1.165) is 24.9 Å². The maximum absolute atomic E-state index is 12.5. The van der Waals surface area contributed by atoms with Crippen molar-refractivity contribution >= 4 is 5.78 Å². The average molecular weight is 229 g/mol. The smallest absolute Gasteiger partial charge is 0.167 e. The van der Waals surface area contributed by atoms with E-state index in [1.807, 2.05) is 18.2 Å². The fourth-order valence-electron chi connectivity index (χ4n) is 3.37. The number of carbonyl (C=O) groups excluding carboxylic acids is 1. The summed E-state index contributed by atoms with van der Waals surface area (Å²) in [6.07, 6.45) is 3.38. The Morgan fingerprint density at radius 2 is 2.12 bits per heavy atom. The number of hydrogen-bond acceptors (Lipinski definition) is 2. The summed E-state index contributed by atoms with van der Waals surface area (Å²) in [6.45, 7) is 3.32. The van der Waals surface area contributed by atoms with Crippen LogP contribution in [0.5, 0.6) is 0 Å². The molecule has 1 fully saturated rings. The van der Waals surface area contributed by atoms with Gasteiger partial charge in [-0.1, -0.05) is 31.2 Å². The number of fused-ring (bicyclic) bond motifs is 1. The number of Topliss-reactive ketones (excluding diaryl/α,β-unsaturated/α-hetero) is 1. The van der Waals surface area contributed by atoms with Gasteiger partial charge in [-0.05, 0) is 37.3 Å². The fourth-order valence-corrected chi connectivity index (χ4v) is 3.37. The van der Waals surface area contributed by atoms with Gasteiger partial charge in [-0.15, -0.1) is 0 Å². The number of benzene rings is 1. The second-order valence-electron chi connectivity index (χ2n) is 5.40. The van der Waals surface area contributed by atoms with Crippen LogP contribution in [-0.2, 0) is 0 Å². The normalized spacial score (nSPS) is 32.5. The average Bonchev–Trinajstić information content (AvgIpc) is 2.87. The van der Waals surface area contributed by atoms with Crippen molar-refractivity contribution < 1.29 is 4.79 Å². The largest absolute Gasteiger partial charge is 0.313 e. The molecule has 2 aliphatic rings. The second kappa shape index (κ2) is 4.26. The first-order valence-electron chi connectivity index (χ1n) is 6.64. The molecule has 1 aromatic carbocycles. The van der Waals surface area contributed by atoms with Gasteiger partial charge in [0.25, 0.3) is 0 Å². The molecule has 1 N–H and O–H groups in total. The van der Waals surface area contributed by atoms with Gasteiger partial charge in [0.15, 0.2) is 5.78 Å². The van der Waals surface area contributed by atoms with Gasteiger partial charge in [0, 0.05) is 17.5 Å². The predicted octanol–water partition coefficient (Wildman–Crippen LogP) is 2.74. The topological polar surface area (TPSA) is 29.1 Å². The Morgan fingerprint density at radius 3 is 2.88 bits per heavy atom. The van der Waals surface area contributed by atoms with Crippen LogP contribution < -0.4 is 5.32 Å². The van der Waals surface area contributed by atoms with E-state index in [-0.39, 0.29) is 5.92 Å². The minimum Gasteiger partial charge on any atom is -0.313 e. The highest BCUT2D eigenvalue weighted by atomic mass is 16.1. The highest BCUT2D eigenvalue weighted by Crippen LogP contribution is 2.37. The molecule has 1 aromatic rings. The van der Waals surface area contributed by atoms with E-state index in [4.69, 9.17) is 0 Å². The van der Waals surface area contributed by atoms with Gasteiger partial charge in [0.1, 0.15) is 0 Å². The highest BCUT2D eigenvalue weighted by Gasteiger charge is 2.37. The lowest BCUT2D eigenvalue weighted by Gasteiger charge is -2.31. The first-order chi connectivity index (χ1) is 8.27. The molecule has 1 aliphatic carbocycles. The first kappa shape index (κ1) is 11.0. The molecule has 2 heteroatoms. The van der Waals surface area contributed by atoms with Crippen LogP contribution in [0.4, 0.5) is 0 Å². The maximum Gasteiger partial charge on any atom is 0.167 e. The van der Waals surface area contributed by atoms with Crippen molar-refractivity contribution in [3.05, 3.63) is 35.4 Å². The Morgan fingerprint density at radius 1 is 1.29 bits per heavy atom. The van der Waals surface area contributed by atoms with E-state index in [1.165, 1.54) is 12.0 Å². The monoisotopic (exact) mass is 229 g/mol. The third-order valence-electron chi connectivity index (χ3n) is 4.29. The van der Waals surface area contributed by atoms with Gasteiger partial charge in [-0.25, -0.2) is 0 Å². The molecule has 17 heavy (non-hydrogen) atoms. The molecule has 0 saturated carbocycles. The number of rotatable bonds is 1. The van der Waals surface area contributed by atoms with E-state index in [9.17, 15) is 4.79 Å². The zero-order valence-electron chi connectivity index (χ0n) is 10.3. The van der Waals surface area contributed by atoms with Gasteiger partial charge in [0.2, 0.25) is 0 Å². The lowest BCUT2D eigenvalue weighted by molar-refractivity contribution is 0.0865. The molecule has 1 saturated heterocycles. The van der Waals surface area contributed by atoms with Crippen LogP contribution in [0.3, 0.4) is 0 Å². The summed E-state index contributed by atoms with van der Waals surface area (Å²) >= 11 is 0. The van der Waals surface area contributed by atoms with Crippen LogP contribution in [0.25, 0.3) is 0 Å². The van der Waals surface area contributed by atoms with Crippen molar-refractivity contribution in [1.29, 1.82) is 0 Å². The first-order valence-corrected chi connectivity index (χ1v) is 6.64. The summed E-state index contributed by atoms with van der Waals surface area (Å²) < 4.78 is 0. The predicted molar refractivity (Wildman–Crippen MR) is 68.3 cm³/mol. The zero-order chi connectivity index (χ0) is 11.8. The van der Waals surface area contributed by atoms with Crippen LogP contribution in [0.1, 0.15) is 48.0 Å². The summed E-state index contributed by atoms with van der Waals surface area (Å²) in [6, 6.07) is 8.54. The van der Waals surface area contributed by atoms with Crippen molar-refractivity contribution in [2.24, 2.45) is 5.92 Å². The number of hydrogen-bond donors (Lipinski definition) is 1. The lowest BCUT2D eigenvalue weighted by atomic mass is 9.73. The maximum atomic E-state index is 12.5. The Kier molecular flexibility index (Phi) is 2.75. The molecule has 0 spiro atoms. The number of carbonyl (C=O) groups is 1. The fraction of sp³-hybridized carbons (Fsp3) is 0.533. The van der Waals surface area contributed by atoms with E-state index in [2.05, 4.69) is 18.3 Å². The molecule has 90 valence electrons. The van der Waals surface area contributed by atoms with Crippen molar-refractivity contribution in [2.45, 2.75) is 38.1 Å². The van der Waals surface area contributed by atoms with Gasteiger partial charge in [-0.3, -0.25) is 4.79 Å². The van der Waals surface area contributed by atoms with Crippen molar-refractivity contribution in [1.82, 2.24) is 5.32 Å².